The molecule has 0 aliphatic rings. The first kappa shape index (κ1) is 72.6. The SMILES string of the molecule is COc1ccc(CSc2cc(Oc3c(Cl)cc(-n4nc(C(F)F)c(=O)[nH]c4=O)cc3Cl)ncc2OCc2ccccc2)cc1.COc1ccc(CSc2cc(Oc3c(Cl)cc(Br)cc3Cl)ncc2OCc2ccccc2)cc1.O=c1[nH]nc(C(F)F)c(=O)[nH]1.[B].[I-]. The molecule has 0 spiro atoms. The van der Waals surface area contributed by atoms with Gasteiger partial charge < -0.3 is 52.4 Å². The Morgan fingerprint density at radius 2 is 0.978 bits per heavy atom. The summed E-state index contributed by atoms with van der Waals surface area (Å²) in [6, 6.07) is 44.7. The van der Waals surface area contributed by atoms with E-state index in [0.29, 0.717) is 56.8 Å². The molecule has 0 fully saturated rings. The molecule has 18 nitrogen and oxygen atoms in total. The van der Waals surface area contributed by atoms with Gasteiger partial charge in [-0.3, -0.25) is 19.6 Å². The summed E-state index contributed by atoms with van der Waals surface area (Å²) in [5.74, 6) is 4.98. The van der Waals surface area contributed by atoms with Crippen LogP contribution in [-0.4, -0.2) is 62.5 Å². The molecular formula is C60H45BBrCl4F4IN8O10S2-. The molecule has 3 N–H and O–H groups in total. The standard InChI is InChI=1S/C30H22Cl2F2N4O5S.C26H20BrCl2NO3S.C4H3F2N3O2.B.HI/c1-41-20-9-7-18(8-10-20)16-44-24-13-25(35-14-23(24)42-15-17-5-3-2-4-6-17)43-27-21(31)11-19(12-22(27)32)38-30(40)36-29(39)26(37-38)28(33)34;1-31-20-9-7-18(8-10-20)16-34-24-13-25(33-26-21(28)11-19(27)12-22(26)29)30-14-23(24)32-15-17-5-3-2-4-6-17;5-2(6)1-3(10)7-4(11)9-8-1;;/h2-14,28H,15-16H2,1H3,(H,36,39,40);2-14H,15-16H2,1H3;2H,(H2,7,9,10,11);;1H/p-1. The number of pyridine rings is 2. The second kappa shape index (κ2) is 35.3. The number of aromatic nitrogens is 8. The number of nitrogens with one attached hydrogen (secondary N) is 3. The molecule has 0 bridgehead atoms. The minimum absolute atomic E-state index is 0. The summed E-state index contributed by atoms with van der Waals surface area (Å²) in [5.41, 5.74) is -2.33. The number of H-pyrrole nitrogens is 3. The number of rotatable bonds is 21. The largest absolute Gasteiger partial charge is 1.00 e. The molecule has 4 heterocycles. The van der Waals surface area contributed by atoms with Crippen molar-refractivity contribution in [3.05, 3.63) is 258 Å². The van der Waals surface area contributed by atoms with Crippen molar-refractivity contribution < 1.29 is 70.0 Å². The third-order valence-electron chi connectivity index (χ3n) is 11.8. The van der Waals surface area contributed by atoms with Gasteiger partial charge in [-0.05, 0) is 70.8 Å². The van der Waals surface area contributed by atoms with E-state index in [1.807, 2.05) is 115 Å². The second-order valence-corrected chi connectivity index (χ2v) is 22.5. The molecule has 3 radical (unpaired) electrons. The van der Waals surface area contributed by atoms with Crippen LogP contribution in [0.2, 0.25) is 20.1 Å². The van der Waals surface area contributed by atoms with Gasteiger partial charge in [-0.2, -0.15) is 14.9 Å². The molecule has 10 aromatic rings. The third-order valence-corrected chi connectivity index (χ3v) is 15.6. The zero-order chi connectivity index (χ0) is 63.6. The molecule has 0 aliphatic carbocycles. The smallest absolute Gasteiger partial charge is 0.349 e. The second-order valence-electron chi connectivity index (χ2n) is 18.0. The van der Waals surface area contributed by atoms with E-state index < -0.39 is 46.7 Å². The fraction of sp³-hybridized carbons (Fsp3) is 0.133. The summed E-state index contributed by atoms with van der Waals surface area (Å²) in [6.07, 6.45) is -2.99. The maximum Gasteiger partial charge on any atom is 0.349 e. The van der Waals surface area contributed by atoms with Crippen molar-refractivity contribution in [3.8, 4) is 51.9 Å². The average Bonchev–Trinajstić information content (AvgIpc) is 1.13. The van der Waals surface area contributed by atoms with Gasteiger partial charge in [-0.15, -0.1) is 23.5 Å². The minimum atomic E-state index is -3.21. The third kappa shape index (κ3) is 21.0. The number of halogens is 10. The Morgan fingerprint density at radius 3 is 1.38 bits per heavy atom. The van der Waals surface area contributed by atoms with Crippen molar-refractivity contribution in [2.75, 3.05) is 14.2 Å². The number of nitrogens with zero attached hydrogens (tertiary/aromatic N) is 5. The van der Waals surface area contributed by atoms with E-state index in [2.05, 4.69) is 36.1 Å². The number of methoxy groups -OCH3 is 2. The Kier molecular flexibility index (Phi) is 28.2. The summed E-state index contributed by atoms with van der Waals surface area (Å²) in [7, 11) is 3.26. The lowest BCUT2D eigenvalue weighted by molar-refractivity contribution is -0.0000269. The Labute approximate surface area is 571 Å². The number of hydrogen-bond acceptors (Lipinski definition) is 16. The van der Waals surface area contributed by atoms with Crippen LogP contribution >= 0.6 is 85.9 Å². The molecule has 0 saturated heterocycles. The van der Waals surface area contributed by atoms with Crippen molar-refractivity contribution in [2.24, 2.45) is 0 Å². The van der Waals surface area contributed by atoms with E-state index in [1.165, 1.54) is 30.1 Å². The van der Waals surface area contributed by atoms with Crippen molar-refractivity contribution in [1.82, 2.24) is 39.9 Å². The van der Waals surface area contributed by atoms with Crippen molar-refractivity contribution in [2.45, 2.75) is 47.4 Å². The molecule has 4 aromatic heterocycles. The summed E-state index contributed by atoms with van der Waals surface area (Å²) in [5, 5.41) is 8.64. The Hall–Kier alpha value is -7.51. The highest BCUT2D eigenvalue weighted by molar-refractivity contribution is 9.10. The molecule has 10 rings (SSSR count). The lowest BCUT2D eigenvalue weighted by atomic mass is 10.2. The van der Waals surface area contributed by atoms with Gasteiger partial charge in [-0.25, -0.2) is 42.2 Å². The number of aromatic amines is 3. The number of thioether (sulfide) groups is 2. The maximum atomic E-state index is 13.2. The van der Waals surface area contributed by atoms with E-state index in [-0.39, 0.29) is 59.8 Å². The molecule has 91 heavy (non-hydrogen) atoms. The summed E-state index contributed by atoms with van der Waals surface area (Å²) < 4.78 is 85.8. The minimum Gasteiger partial charge on any atom is -1.00 e. The first-order chi connectivity index (χ1) is 42.8. The van der Waals surface area contributed by atoms with Gasteiger partial charge in [0.1, 0.15) is 24.7 Å². The normalized spacial score (nSPS) is 10.6. The van der Waals surface area contributed by atoms with E-state index in [9.17, 15) is 36.7 Å². The van der Waals surface area contributed by atoms with Gasteiger partial charge in [0.05, 0.1) is 62.2 Å². The maximum absolute atomic E-state index is 13.2. The molecule has 31 heteroatoms. The molecule has 0 aliphatic heterocycles. The van der Waals surface area contributed by atoms with Crippen molar-refractivity contribution in [3.63, 3.8) is 0 Å². The molecule has 6 aromatic carbocycles. The highest BCUT2D eigenvalue weighted by Crippen LogP contribution is 2.43. The van der Waals surface area contributed by atoms with Crippen LogP contribution in [0.25, 0.3) is 5.69 Å². The van der Waals surface area contributed by atoms with Gasteiger partial charge in [0, 0.05) is 36.5 Å². The molecule has 0 unspecified atom stereocenters. The molecule has 471 valence electrons. The number of ether oxygens (including phenoxy) is 6. The predicted octanol–water partition coefficient (Wildman–Crippen LogP) is 12.1. The fourth-order valence-electron chi connectivity index (χ4n) is 7.44. The first-order valence-electron chi connectivity index (χ1n) is 25.7. The number of alkyl halides is 4. The van der Waals surface area contributed by atoms with Crippen LogP contribution in [-0.2, 0) is 24.7 Å². The first-order valence-corrected chi connectivity index (χ1v) is 30.0. The van der Waals surface area contributed by atoms with E-state index >= 15 is 0 Å². The van der Waals surface area contributed by atoms with Crippen LogP contribution in [0.15, 0.2) is 191 Å². The Morgan fingerprint density at radius 1 is 0.560 bits per heavy atom. The Balaban J connectivity index is 0.000000248. The molecule has 0 amide bonds. The van der Waals surface area contributed by atoms with Crippen LogP contribution in [0.4, 0.5) is 17.6 Å². The lowest BCUT2D eigenvalue weighted by Crippen LogP contribution is -3.00. The van der Waals surface area contributed by atoms with Gasteiger partial charge in [0.25, 0.3) is 24.0 Å². The molecule has 0 atom stereocenters. The van der Waals surface area contributed by atoms with Crippen LogP contribution in [0.3, 0.4) is 0 Å². The van der Waals surface area contributed by atoms with E-state index in [1.54, 1.807) is 65.4 Å². The van der Waals surface area contributed by atoms with Gasteiger partial charge in [-0.1, -0.05) is 147 Å². The average molecular weight is 1540 g/mol. The van der Waals surface area contributed by atoms with Crippen molar-refractivity contribution >= 4 is 94.3 Å². The lowest BCUT2D eigenvalue weighted by Gasteiger charge is -2.15. The highest BCUT2D eigenvalue weighted by atomic mass is 127. The van der Waals surface area contributed by atoms with Crippen LogP contribution in [0.1, 0.15) is 46.5 Å². The molecular weight excluding hydrogens is 1490 g/mol. The number of hydrogen-bond donors (Lipinski definition) is 3. The Bertz CT molecular complexity index is 4250. The fourth-order valence-corrected chi connectivity index (χ4v) is 11.2. The van der Waals surface area contributed by atoms with E-state index in [0.717, 1.165) is 53.8 Å². The van der Waals surface area contributed by atoms with Crippen molar-refractivity contribution in [1.29, 1.82) is 0 Å². The predicted molar refractivity (Wildman–Crippen MR) is 341 cm³/mol. The van der Waals surface area contributed by atoms with E-state index in [4.69, 9.17) is 74.8 Å². The zero-order valence-electron chi connectivity index (χ0n) is 47.0. The summed E-state index contributed by atoms with van der Waals surface area (Å²) in [6.45, 7) is 0.757. The van der Waals surface area contributed by atoms with Gasteiger partial charge in [0.15, 0.2) is 34.4 Å². The van der Waals surface area contributed by atoms with Crippen LogP contribution < -0.4 is 74.9 Å². The summed E-state index contributed by atoms with van der Waals surface area (Å²) >= 11 is 32.0. The van der Waals surface area contributed by atoms with Gasteiger partial charge >= 0.3 is 11.4 Å². The number of benzene rings is 6. The van der Waals surface area contributed by atoms with Gasteiger partial charge in [0.2, 0.25) is 11.8 Å². The summed E-state index contributed by atoms with van der Waals surface area (Å²) in [4.78, 5) is 58.5. The highest BCUT2D eigenvalue weighted by Gasteiger charge is 2.21. The van der Waals surface area contributed by atoms with Crippen LogP contribution in [0.5, 0.6) is 46.3 Å². The topological polar surface area (TPSA) is 228 Å². The quantitative estimate of drug-likeness (QED) is 0.0263. The monoisotopic (exact) mass is 1530 g/mol. The molecule has 0 saturated carbocycles. The van der Waals surface area contributed by atoms with Crippen LogP contribution in [0, 0.1) is 0 Å². The zero-order valence-corrected chi connectivity index (χ0v) is 55.4.